The summed E-state index contributed by atoms with van der Waals surface area (Å²) in [5.41, 5.74) is 20.5. The first-order valence-corrected chi connectivity index (χ1v) is 13.7. The number of fused-ring (bicyclic) bond motifs is 2. The lowest BCUT2D eigenvalue weighted by Crippen LogP contribution is -2.13. The van der Waals surface area contributed by atoms with Crippen molar-refractivity contribution in [2.45, 2.75) is 39.0 Å². The van der Waals surface area contributed by atoms with Crippen molar-refractivity contribution in [2.24, 2.45) is 5.73 Å². The van der Waals surface area contributed by atoms with Crippen LogP contribution in [0.3, 0.4) is 0 Å². The second-order valence-corrected chi connectivity index (χ2v) is 10.3. The SMILES string of the molecule is Cc1cc(O)cc(N)c1CCC(N)=O.c1ccc(Cc2cc3c(c(-c4cc5ccccc5o4)c2)NCCC3)cc1. The number of nitrogen functional groups attached to an aromatic ring is 1. The maximum Gasteiger partial charge on any atom is 0.217 e. The van der Waals surface area contributed by atoms with Crippen LogP contribution in [-0.2, 0) is 24.1 Å². The van der Waals surface area contributed by atoms with Crippen LogP contribution in [0.5, 0.6) is 5.75 Å². The molecule has 6 N–H and O–H groups in total. The number of phenols is 1. The summed E-state index contributed by atoms with van der Waals surface area (Å²) in [7, 11) is 0. The van der Waals surface area contributed by atoms with E-state index in [1.54, 1.807) is 6.07 Å². The van der Waals surface area contributed by atoms with Crippen LogP contribution < -0.4 is 16.8 Å². The Morgan fingerprint density at radius 1 is 0.975 bits per heavy atom. The van der Waals surface area contributed by atoms with Crippen LogP contribution in [0.4, 0.5) is 11.4 Å². The molecule has 6 rings (SSSR count). The Bertz CT molecular complexity index is 1580. The van der Waals surface area contributed by atoms with E-state index in [2.05, 4.69) is 66.0 Å². The fourth-order valence-corrected chi connectivity index (χ4v) is 5.32. The minimum atomic E-state index is -0.350. The average Bonchev–Trinajstić information content (AvgIpc) is 3.37. The molecule has 0 aliphatic carbocycles. The second kappa shape index (κ2) is 12.0. The number of rotatable bonds is 6. The number of primary amides is 1. The summed E-state index contributed by atoms with van der Waals surface area (Å²) >= 11 is 0. The molecule has 0 radical (unpaired) electrons. The summed E-state index contributed by atoms with van der Waals surface area (Å²) in [5.74, 6) is 0.742. The number of benzene rings is 4. The van der Waals surface area contributed by atoms with E-state index < -0.39 is 0 Å². The molecule has 4 aromatic carbocycles. The normalized spacial score (nSPS) is 12.2. The molecular weight excluding hydrogens is 498 g/mol. The third kappa shape index (κ3) is 6.29. The van der Waals surface area contributed by atoms with Crippen molar-refractivity contribution in [1.82, 2.24) is 0 Å². The number of amides is 1. The first-order chi connectivity index (χ1) is 19.4. The predicted octanol–water partition coefficient (Wildman–Crippen LogP) is 6.75. The molecule has 0 fully saturated rings. The fourth-order valence-electron chi connectivity index (χ4n) is 5.32. The molecule has 6 nitrogen and oxygen atoms in total. The summed E-state index contributed by atoms with van der Waals surface area (Å²) < 4.78 is 6.19. The molecule has 0 bridgehead atoms. The summed E-state index contributed by atoms with van der Waals surface area (Å²) in [6.07, 6.45) is 4.05. The van der Waals surface area contributed by atoms with Gasteiger partial charge in [0.15, 0.2) is 0 Å². The minimum absolute atomic E-state index is 0.142. The van der Waals surface area contributed by atoms with Gasteiger partial charge in [-0.1, -0.05) is 54.6 Å². The third-order valence-corrected chi connectivity index (χ3v) is 7.26. The zero-order valence-electron chi connectivity index (χ0n) is 22.7. The highest BCUT2D eigenvalue weighted by molar-refractivity contribution is 5.87. The Balaban J connectivity index is 0.000000197. The van der Waals surface area contributed by atoms with Crippen LogP contribution in [0.25, 0.3) is 22.3 Å². The quantitative estimate of drug-likeness (QED) is 0.180. The highest BCUT2D eigenvalue weighted by atomic mass is 16.3. The summed E-state index contributed by atoms with van der Waals surface area (Å²) in [5, 5.41) is 14.0. The van der Waals surface area contributed by atoms with Gasteiger partial charge < -0.3 is 26.3 Å². The van der Waals surface area contributed by atoms with E-state index in [-0.39, 0.29) is 18.1 Å². The Morgan fingerprint density at radius 2 is 1.75 bits per heavy atom. The molecule has 1 aliphatic heterocycles. The number of phenolic OH excluding ortho intramolecular Hbond substituents is 1. The first-order valence-electron chi connectivity index (χ1n) is 13.7. The monoisotopic (exact) mass is 533 g/mol. The van der Waals surface area contributed by atoms with Crippen LogP contribution in [0.1, 0.15) is 40.7 Å². The Morgan fingerprint density at radius 3 is 2.50 bits per heavy atom. The molecule has 1 aliphatic rings. The Labute approximate surface area is 234 Å². The Kier molecular flexibility index (Phi) is 8.06. The van der Waals surface area contributed by atoms with E-state index in [9.17, 15) is 9.90 Å². The lowest BCUT2D eigenvalue weighted by atomic mass is 9.93. The van der Waals surface area contributed by atoms with E-state index in [1.807, 2.05) is 19.1 Å². The lowest BCUT2D eigenvalue weighted by molar-refractivity contribution is -0.117. The molecule has 0 saturated heterocycles. The molecule has 204 valence electrons. The molecule has 1 amide bonds. The largest absolute Gasteiger partial charge is 0.508 e. The number of aromatic hydroxyl groups is 1. The zero-order chi connectivity index (χ0) is 28.1. The van der Waals surface area contributed by atoms with E-state index >= 15 is 0 Å². The smallest absolute Gasteiger partial charge is 0.217 e. The standard InChI is InChI=1S/C24H21NO.C10H14N2O2/c1-2-7-17(8-3-1)13-18-14-20-10-6-12-25-24(20)21(15-18)23-16-19-9-4-5-11-22(19)26-23;1-6-4-7(13)5-9(11)8(6)2-3-10(12)14/h1-5,7-9,11,14-16,25H,6,10,12-13H2;4-5,13H,2-3,11H2,1H3,(H2,12,14). The van der Waals surface area contributed by atoms with Crippen LogP contribution in [-0.4, -0.2) is 17.6 Å². The molecule has 0 spiro atoms. The van der Waals surface area contributed by atoms with Gasteiger partial charge in [-0.25, -0.2) is 0 Å². The van der Waals surface area contributed by atoms with Crippen molar-refractivity contribution in [1.29, 1.82) is 0 Å². The maximum atomic E-state index is 10.6. The van der Waals surface area contributed by atoms with E-state index in [4.69, 9.17) is 15.9 Å². The molecule has 6 heteroatoms. The van der Waals surface area contributed by atoms with Crippen molar-refractivity contribution < 1.29 is 14.3 Å². The van der Waals surface area contributed by atoms with E-state index in [0.29, 0.717) is 12.1 Å². The van der Waals surface area contributed by atoms with Crippen LogP contribution in [0.2, 0.25) is 0 Å². The van der Waals surface area contributed by atoms with E-state index in [1.165, 1.54) is 40.4 Å². The first kappa shape index (κ1) is 26.9. The molecular formula is C34H35N3O3. The summed E-state index contributed by atoms with van der Waals surface area (Å²) in [6.45, 7) is 2.87. The molecule has 2 heterocycles. The van der Waals surface area contributed by atoms with Crippen molar-refractivity contribution in [3.63, 3.8) is 0 Å². The van der Waals surface area contributed by atoms with Crippen LogP contribution in [0, 0.1) is 6.92 Å². The van der Waals surface area contributed by atoms with Gasteiger partial charge >= 0.3 is 0 Å². The number of anilines is 2. The highest BCUT2D eigenvalue weighted by Gasteiger charge is 2.18. The van der Waals surface area contributed by atoms with Gasteiger partial charge in [0.1, 0.15) is 17.1 Å². The van der Waals surface area contributed by atoms with Gasteiger partial charge in [0.05, 0.1) is 0 Å². The van der Waals surface area contributed by atoms with Crippen molar-refractivity contribution in [2.75, 3.05) is 17.6 Å². The van der Waals surface area contributed by atoms with Gasteiger partial charge in [-0.3, -0.25) is 4.79 Å². The maximum absolute atomic E-state index is 10.6. The fraction of sp³-hybridized carbons (Fsp3) is 0.206. The lowest BCUT2D eigenvalue weighted by Gasteiger charge is -2.22. The van der Waals surface area contributed by atoms with E-state index in [0.717, 1.165) is 47.2 Å². The molecule has 5 aromatic rings. The van der Waals surface area contributed by atoms with Gasteiger partial charge in [0.25, 0.3) is 0 Å². The van der Waals surface area contributed by atoms with Crippen molar-refractivity contribution in [3.05, 3.63) is 113 Å². The minimum Gasteiger partial charge on any atom is -0.508 e. The van der Waals surface area contributed by atoms with Gasteiger partial charge in [0, 0.05) is 41.4 Å². The van der Waals surface area contributed by atoms with Gasteiger partial charge in [-0.15, -0.1) is 0 Å². The molecule has 0 unspecified atom stereocenters. The van der Waals surface area contributed by atoms with Gasteiger partial charge in [-0.2, -0.15) is 0 Å². The number of hydrogen-bond acceptors (Lipinski definition) is 5. The number of carbonyl (C=O) groups excluding carboxylic acids is 1. The van der Waals surface area contributed by atoms with Crippen molar-refractivity contribution >= 4 is 28.3 Å². The second-order valence-electron chi connectivity index (χ2n) is 10.3. The van der Waals surface area contributed by atoms with Gasteiger partial charge in [-0.05, 0) is 84.7 Å². The van der Waals surface area contributed by atoms with Crippen LogP contribution in [0.15, 0.2) is 89.3 Å². The highest BCUT2D eigenvalue weighted by Crippen LogP contribution is 2.38. The molecule has 1 aromatic heterocycles. The third-order valence-electron chi connectivity index (χ3n) is 7.26. The van der Waals surface area contributed by atoms with Crippen LogP contribution >= 0.6 is 0 Å². The number of nitrogens with two attached hydrogens (primary N) is 2. The number of aryl methyl sites for hydroxylation is 2. The number of carbonyl (C=O) groups is 1. The molecule has 40 heavy (non-hydrogen) atoms. The average molecular weight is 534 g/mol. The number of para-hydroxylation sites is 1. The number of nitrogens with one attached hydrogen (secondary N) is 1. The predicted molar refractivity (Wildman–Crippen MR) is 162 cm³/mol. The zero-order valence-corrected chi connectivity index (χ0v) is 22.7. The topological polar surface area (TPSA) is 115 Å². The summed E-state index contributed by atoms with van der Waals surface area (Å²) in [6, 6.07) is 28.8. The number of furan rings is 1. The van der Waals surface area contributed by atoms with Gasteiger partial charge in [0.2, 0.25) is 5.91 Å². The summed E-state index contributed by atoms with van der Waals surface area (Å²) in [4.78, 5) is 10.6. The molecule has 0 atom stereocenters. The molecule has 0 saturated carbocycles. The Hall–Kier alpha value is -4.71. The number of hydrogen-bond donors (Lipinski definition) is 4. The van der Waals surface area contributed by atoms with Crippen molar-refractivity contribution in [3.8, 4) is 17.1 Å².